The second-order valence-electron chi connectivity index (χ2n) is 4.26. The van der Waals surface area contributed by atoms with E-state index in [1.807, 2.05) is 18.4 Å². The summed E-state index contributed by atoms with van der Waals surface area (Å²) in [4.78, 5) is 23.9. The van der Waals surface area contributed by atoms with Gasteiger partial charge in [-0.2, -0.15) is 0 Å². The smallest absolute Gasteiger partial charge is 0.326 e. The lowest BCUT2D eigenvalue weighted by atomic mass is 10.0. The number of carbonyl (C=O) groups is 2. The molecule has 1 aromatic rings. The third kappa shape index (κ3) is 3.77. The Morgan fingerprint density at radius 3 is 2.17 bits per heavy atom. The highest BCUT2D eigenvalue weighted by Crippen LogP contribution is 2.15. The number of benzene rings is 1. The van der Waals surface area contributed by atoms with Crippen molar-refractivity contribution < 1.29 is 14.7 Å². The molecular weight excluding hydrogens is 250 g/mol. The van der Waals surface area contributed by atoms with Crippen LogP contribution in [0, 0.1) is 5.92 Å². The lowest BCUT2D eigenvalue weighted by molar-refractivity contribution is -0.140. The molecule has 0 fully saturated rings. The van der Waals surface area contributed by atoms with Crippen LogP contribution in [0.2, 0.25) is 0 Å². The number of carboxylic acid groups (broad SMARTS) is 1. The average Bonchev–Trinajstić information content (AvgIpc) is 2.35. The Hall–Kier alpha value is -1.49. The molecule has 0 saturated carbocycles. The van der Waals surface area contributed by atoms with Crippen molar-refractivity contribution in [3.05, 3.63) is 29.8 Å². The third-order valence-electron chi connectivity index (χ3n) is 2.57. The fourth-order valence-corrected chi connectivity index (χ4v) is 1.89. The molecule has 1 atom stereocenters. The molecule has 18 heavy (non-hydrogen) atoms. The van der Waals surface area contributed by atoms with Gasteiger partial charge in [0.05, 0.1) is 0 Å². The standard InChI is InChI=1S/C13H17NO3S/c1-8(2)11(13(16)17)14-12(15)9-4-6-10(18-3)7-5-9/h4-8,11H,1-3H3,(H,14,15)(H,16,17)/t11-/m1/s1. The summed E-state index contributed by atoms with van der Waals surface area (Å²) in [6, 6.07) is 6.20. The first kappa shape index (κ1) is 14.6. The van der Waals surface area contributed by atoms with E-state index >= 15 is 0 Å². The van der Waals surface area contributed by atoms with E-state index in [9.17, 15) is 9.59 Å². The van der Waals surface area contributed by atoms with Crippen LogP contribution in [0.1, 0.15) is 24.2 Å². The minimum atomic E-state index is -1.01. The van der Waals surface area contributed by atoms with Gasteiger partial charge in [0.1, 0.15) is 6.04 Å². The van der Waals surface area contributed by atoms with E-state index in [-0.39, 0.29) is 11.8 Å². The predicted octanol–water partition coefficient (Wildman–Crippen LogP) is 2.25. The number of hydrogen-bond acceptors (Lipinski definition) is 3. The highest BCUT2D eigenvalue weighted by atomic mass is 32.2. The van der Waals surface area contributed by atoms with Crippen molar-refractivity contribution in [2.75, 3.05) is 6.26 Å². The van der Waals surface area contributed by atoms with E-state index in [0.717, 1.165) is 4.90 Å². The van der Waals surface area contributed by atoms with E-state index < -0.39 is 12.0 Å². The fraction of sp³-hybridized carbons (Fsp3) is 0.385. The molecule has 98 valence electrons. The zero-order valence-electron chi connectivity index (χ0n) is 10.6. The molecule has 0 aliphatic rings. The molecule has 0 aliphatic carbocycles. The van der Waals surface area contributed by atoms with Crippen LogP contribution in [0.15, 0.2) is 29.2 Å². The number of carbonyl (C=O) groups excluding carboxylic acids is 1. The summed E-state index contributed by atoms with van der Waals surface area (Å²) in [6.45, 7) is 3.52. The van der Waals surface area contributed by atoms with Gasteiger partial charge in [-0.3, -0.25) is 4.79 Å². The van der Waals surface area contributed by atoms with Gasteiger partial charge in [-0.1, -0.05) is 13.8 Å². The van der Waals surface area contributed by atoms with Crippen LogP contribution in [0.4, 0.5) is 0 Å². The molecule has 0 unspecified atom stereocenters. The lowest BCUT2D eigenvalue weighted by Gasteiger charge is -2.17. The Balaban J connectivity index is 2.77. The molecule has 4 nitrogen and oxygen atoms in total. The van der Waals surface area contributed by atoms with Gasteiger partial charge in [-0.15, -0.1) is 11.8 Å². The Morgan fingerprint density at radius 1 is 1.22 bits per heavy atom. The molecule has 0 radical (unpaired) electrons. The van der Waals surface area contributed by atoms with Crippen molar-refractivity contribution in [2.45, 2.75) is 24.8 Å². The summed E-state index contributed by atoms with van der Waals surface area (Å²) in [5.74, 6) is -1.53. The van der Waals surface area contributed by atoms with Crippen molar-refractivity contribution >= 4 is 23.6 Å². The first-order valence-electron chi connectivity index (χ1n) is 5.63. The average molecular weight is 267 g/mol. The predicted molar refractivity (Wildman–Crippen MR) is 72.0 cm³/mol. The van der Waals surface area contributed by atoms with E-state index in [4.69, 9.17) is 5.11 Å². The van der Waals surface area contributed by atoms with Crippen molar-refractivity contribution in [1.29, 1.82) is 0 Å². The summed E-state index contributed by atoms with van der Waals surface area (Å²) in [7, 11) is 0. The first-order valence-corrected chi connectivity index (χ1v) is 6.86. The molecule has 1 rings (SSSR count). The SMILES string of the molecule is CSc1ccc(C(=O)N[C@@H](C(=O)O)C(C)C)cc1. The van der Waals surface area contributed by atoms with Gasteiger partial charge in [0.2, 0.25) is 0 Å². The molecule has 0 aliphatic heterocycles. The maximum absolute atomic E-state index is 11.9. The van der Waals surface area contributed by atoms with E-state index in [0.29, 0.717) is 5.56 Å². The van der Waals surface area contributed by atoms with Crippen LogP contribution < -0.4 is 5.32 Å². The first-order chi connectivity index (χ1) is 8.45. The van der Waals surface area contributed by atoms with Crippen LogP contribution >= 0.6 is 11.8 Å². The van der Waals surface area contributed by atoms with Gasteiger partial charge in [0.15, 0.2) is 0 Å². The van der Waals surface area contributed by atoms with Crippen molar-refractivity contribution in [3.63, 3.8) is 0 Å². The zero-order valence-corrected chi connectivity index (χ0v) is 11.5. The molecule has 5 heteroatoms. The van der Waals surface area contributed by atoms with E-state index in [2.05, 4.69) is 5.32 Å². The summed E-state index contributed by atoms with van der Waals surface area (Å²) in [5.41, 5.74) is 0.472. The lowest BCUT2D eigenvalue weighted by Crippen LogP contribution is -2.44. The maximum atomic E-state index is 11.9. The monoisotopic (exact) mass is 267 g/mol. The molecule has 2 N–H and O–H groups in total. The molecule has 1 aromatic carbocycles. The Labute approximate surface area is 111 Å². The highest BCUT2D eigenvalue weighted by Gasteiger charge is 2.23. The number of thioether (sulfide) groups is 1. The summed E-state index contributed by atoms with van der Waals surface area (Å²) >= 11 is 1.59. The normalized spacial score (nSPS) is 12.2. The number of carboxylic acids is 1. The van der Waals surface area contributed by atoms with Crippen molar-refractivity contribution in [2.24, 2.45) is 5.92 Å². The van der Waals surface area contributed by atoms with Gasteiger partial charge in [0.25, 0.3) is 5.91 Å². The zero-order chi connectivity index (χ0) is 13.7. The maximum Gasteiger partial charge on any atom is 0.326 e. The van der Waals surface area contributed by atoms with Crippen LogP contribution in [0.5, 0.6) is 0 Å². The van der Waals surface area contributed by atoms with Gasteiger partial charge in [-0.05, 0) is 36.4 Å². The number of nitrogens with one attached hydrogen (secondary N) is 1. The van der Waals surface area contributed by atoms with Gasteiger partial charge in [0, 0.05) is 10.5 Å². The van der Waals surface area contributed by atoms with Gasteiger partial charge in [-0.25, -0.2) is 4.79 Å². The van der Waals surface area contributed by atoms with Crippen molar-refractivity contribution in [1.82, 2.24) is 5.32 Å². The van der Waals surface area contributed by atoms with E-state index in [1.54, 1.807) is 37.7 Å². The number of amides is 1. The van der Waals surface area contributed by atoms with Gasteiger partial charge < -0.3 is 10.4 Å². The highest BCUT2D eigenvalue weighted by molar-refractivity contribution is 7.98. The van der Waals surface area contributed by atoms with Crippen LogP contribution in [0.25, 0.3) is 0 Å². The topological polar surface area (TPSA) is 66.4 Å². The molecule has 0 spiro atoms. The Kier molecular flexibility index (Phi) is 5.22. The number of aliphatic carboxylic acids is 1. The van der Waals surface area contributed by atoms with Crippen LogP contribution in [-0.2, 0) is 4.79 Å². The van der Waals surface area contributed by atoms with E-state index in [1.165, 1.54) is 0 Å². The van der Waals surface area contributed by atoms with Crippen LogP contribution in [0.3, 0.4) is 0 Å². The number of rotatable bonds is 5. The van der Waals surface area contributed by atoms with Crippen LogP contribution in [-0.4, -0.2) is 29.3 Å². The number of hydrogen-bond donors (Lipinski definition) is 2. The fourth-order valence-electron chi connectivity index (χ4n) is 1.48. The quantitative estimate of drug-likeness (QED) is 0.803. The summed E-state index contributed by atoms with van der Waals surface area (Å²) in [5, 5.41) is 11.5. The minimum absolute atomic E-state index is 0.156. The molecule has 0 heterocycles. The summed E-state index contributed by atoms with van der Waals surface area (Å²) in [6.07, 6.45) is 1.95. The molecule has 0 aromatic heterocycles. The second kappa shape index (κ2) is 6.44. The molecule has 1 amide bonds. The third-order valence-corrected chi connectivity index (χ3v) is 3.32. The summed E-state index contributed by atoms with van der Waals surface area (Å²) < 4.78 is 0. The van der Waals surface area contributed by atoms with Gasteiger partial charge >= 0.3 is 5.97 Å². The largest absolute Gasteiger partial charge is 0.480 e. The minimum Gasteiger partial charge on any atom is -0.480 e. The Bertz CT molecular complexity index is 428. The second-order valence-corrected chi connectivity index (χ2v) is 5.14. The molecule has 0 bridgehead atoms. The Morgan fingerprint density at radius 2 is 1.78 bits per heavy atom. The van der Waals surface area contributed by atoms with Crippen molar-refractivity contribution in [3.8, 4) is 0 Å². The molecule has 0 saturated heterocycles. The molecular formula is C13H17NO3S.